The smallest absolute Gasteiger partial charge is 0.261 e. The maximum Gasteiger partial charge on any atom is 0.261 e. The minimum absolute atomic E-state index is 0.0344. The molecule has 0 radical (unpaired) electrons. The van der Waals surface area contributed by atoms with Crippen LogP contribution in [0.3, 0.4) is 0 Å². The fraction of sp³-hybridized carbons (Fsp3) is 0.545. The molecule has 1 aromatic heterocycles. The van der Waals surface area contributed by atoms with Crippen molar-refractivity contribution in [3.05, 3.63) is 20.3 Å². The molecular weight excluding hydrogens is 306 g/mol. The average molecular weight is 322 g/mol. The monoisotopic (exact) mass is 321 g/mol. The summed E-state index contributed by atoms with van der Waals surface area (Å²) >= 11 is 6.73. The predicted molar refractivity (Wildman–Crippen MR) is 76.7 cm³/mol. The SMILES string of the molecule is CSC(C)CCNC(=O)c1cc(C)c(Br)s1. The normalized spacial score (nSPS) is 12.5. The summed E-state index contributed by atoms with van der Waals surface area (Å²) in [5.74, 6) is 0.0344. The van der Waals surface area contributed by atoms with Gasteiger partial charge in [0.05, 0.1) is 8.66 Å². The summed E-state index contributed by atoms with van der Waals surface area (Å²) in [7, 11) is 0. The molecule has 0 aliphatic heterocycles. The van der Waals surface area contributed by atoms with Crippen molar-refractivity contribution in [2.75, 3.05) is 12.8 Å². The molecule has 2 nitrogen and oxygen atoms in total. The van der Waals surface area contributed by atoms with Gasteiger partial charge >= 0.3 is 0 Å². The van der Waals surface area contributed by atoms with Gasteiger partial charge in [-0.05, 0) is 47.2 Å². The van der Waals surface area contributed by atoms with Gasteiger partial charge in [0.2, 0.25) is 0 Å². The van der Waals surface area contributed by atoms with Crippen LogP contribution in [0, 0.1) is 6.92 Å². The number of hydrogen-bond donors (Lipinski definition) is 1. The molecule has 0 saturated heterocycles. The van der Waals surface area contributed by atoms with Crippen LogP contribution in [0.5, 0.6) is 0 Å². The van der Waals surface area contributed by atoms with E-state index in [1.54, 1.807) is 0 Å². The zero-order chi connectivity index (χ0) is 12.1. The number of aryl methyl sites for hydroxylation is 1. The van der Waals surface area contributed by atoms with Gasteiger partial charge in [0.25, 0.3) is 5.91 Å². The van der Waals surface area contributed by atoms with Crippen LogP contribution >= 0.6 is 39.0 Å². The Bertz CT molecular complexity index is 345. The first-order chi connectivity index (χ1) is 7.54. The number of thiophene rings is 1. The summed E-state index contributed by atoms with van der Waals surface area (Å²) in [5, 5.41) is 3.54. The highest BCUT2D eigenvalue weighted by atomic mass is 79.9. The first kappa shape index (κ1) is 14.1. The zero-order valence-electron chi connectivity index (χ0n) is 9.67. The molecule has 16 heavy (non-hydrogen) atoms. The second kappa shape index (κ2) is 6.67. The van der Waals surface area contributed by atoms with Crippen molar-refractivity contribution in [1.82, 2.24) is 5.32 Å². The van der Waals surface area contributed by atoms with Crippen molar-refractivity contribution >= 4 is 44.9 Å². The number of carbonyl (C=O) groups is 1. The van der Waals surface area contributed by atoms with E-state index in [9.17, 15) is 4.79 Å². The molecule has 5 heteroatoms. The average Bonchev–Trinajstić information content (AvgIpc) is 2.59. The van der Waals surface area contributed by atoms with Crippen LogP contribution in [-0.4, -0.2) is 24.0 Å². The van der Waals surface area contributed by atoms with E-state index in [-0.39, 0.29) is 5.91 Å². The Hall–Kier alpha value is -0.0000000000000000833. The molecular formula is C11H16BrNOS2. The number of nitrogens with one attached hydrogen (secondary N) is 1. The third-order valence-corrected chi connectivity index (χ3v) is 5.50. The Kier molecular flexibility index (Phi) is 5.86. The van der Waals surface area contributed by atoms with Crippen LogP contribution in [0.25, 0.3) is 0 Å². The first-order valence-corrected chi connectivity index (χ1v) is 8.01. The molecule has 1 rings (SSSR count). The maximum atomic E-state index is 11.8. The van der Waals surface area contributed by atoms with Crippen LogP contribution in [-0.2, 0) is 0 Å². The van der Waals surface area contributed by atoms with Crippen molar-refractivity contribution in [3.63, 3.8) is 0 Å². The van der Waals surface area contributed by atoms with Crippen LogP contribution in [0.2, 0.25) is 0 Å². The standard InChI is InChI=1S/C11H16BrNOS2/c1-7-6-9(16-10(7)12)11(14)13-5-4-8(2)15-3/h6,8H,4-5H2,1-3H3,(H,13,14). The van der Waals surface area contributed by atoms with Gasteiger partial charge in [0.1, 0.15) is 0 Å². The van der Waals surface area contributed by atoms with Gasteiger partial charge in [-0.25, -0.2) is 0 Å². The lowest BCUT2D eigenvalue weighted by atomic mass is 10.3. The minimum atomic E-state index is 0.0344. The fourth-order valence-corrected chi connectivity index (χ4v) is 2.97. The van der Waals surface area contributed by atoms with Gasteiger partial charge in [0.15, 0.2) is 0 Å². The molecule has 1 aromatic rings. The molecule has 0 fully saturated rings. The molecule has 0 spiro atoms. The molecule has 0 saturated carbocycles. The molecule has 1 atom stereocenters. The van der Waals surface area contributed by atoms with Crippen molar-refractivity contribution in [2.24, 2.45) is 0 Å². The van der Waals surface area contributed by atoms with E-state index < -0.39 is 0 Å². The van der Waals surface area contributed by atoms with E-state index in [1.807, 2.05) is 24.8 Å². The number of carbonyl (C=O) groups excluding carboxylic acids is 1. The van der Waals surface area contributed by atoms with E-state index in [0.29, 0.717) is 5.25 Å². The number of thioether (sulfide) groups is 1. The second-order valence-electron chi connectivity index (χ2n) is 3.66. The molecule has 1 N–H and O–H groups in total. The Morgan fingerprint density at radius 2 is 2.38 bits per heavy atom. The third-order valence-electron chi connectivity index (χ3n) is 2.32. The molecule has 0 aromatic carbocycles. The van der Waals surface area contributed by atoms with E-state index in [0.717, 1.165) is 27.2 Å². The lowest BCUT2D eigenvalue weighted by molar-refractivity contribution is 0.0957. The van der Waals surface area contributed by atoms with Gasteiger partial charge < -0.3 is 5.32 Å². The lowest BCUT2D eigenvalue weighted by Crippen LogP contribution is -2.25. The van der Waals surface area contributed by atoms with Crippen molar-refractivity contribution < 1.29 is 4.79 Å². The summed E-state index contributed by atoms with van der Waals surface area (Å²) in [4.78, 5) is 12.5. The van der Waals surface area contributed by atoms with Crippen LogP contribution in [0.1, 0.15) is 28.6 Å². The van der Waals surface area contributed by atoms with Gasteiger partial charge in [0, 0.05) is 11.8 Å². The van der Waals surface area contributed by atoms with Crippen LogP contribution < -0.4 is 5.32 Å². The van der Waals surface area contributed by atoms with E-state index in [2.05, 4.69) is 34.4 Å². The molecule has 90 valence electrons. The summed E-state index contributed by atoms with van der Waals surface area (Å²) in [5.41, 5.74) is 1.12. The van der Waals surface area contributed by atoms with Gasteiger partial charge in [-0.3, -0.25) is 4.79 Å². The molecule has 0 bridgehead atoms. The topological polar surface area (TPSA) is 29.1 Å². The second-order valence-corrected chi connectivity index (χ2v) is 7.30. The summed E-state index contributed by atoms with van der Waals surface area (Å²) in [6.07, 6.45) is 3.10. The molecule has 0 aliphatic carbocycles. The Morgan fingerprint density at radius 3 is 2.88 bits per heavy atom. The quantitative estimate of drug-likeness (QED) is 0.896. The molecule has 1 unspecified atom stereocenters. The highest BCUT2D eigenvalue weighted by molar-refractivity contribution is 9.11. The highest BCUT2D eigenvalue weighted by Crippen LogP contribution is 2.27. The van der Waals surface area contributed by atoms with E-state index >= 15 is 0 Å². The number of halogens is 1. The number of amides is 1. The Balaban J connectivity index is 2.41. The van der Waals surface area contributed by atoms with E-state index in [1.165, 1.54) is 11.3 Å². The first-order valence-electron chi connectivity index (χ1n) is 5.11. The Labute approximate surface area is 113 Å². The fourth-order valence-electron chi connectivity index (χ4n) is 1.17. The third kappa shape index (κ3) is 4.11. The summed E-state index contributed by atoms with van der Waals surface area (Å²) in [6, 6.07) is 1.92. The van der Waals surface area contributed by atoms with Crippen LogP contribution in [0.4, 0.5) is 0 Å². The maximum absolute atomic E-state index is 11.8. The summed E-state index contributed by atoms with van der Waals surface area (Å²) < 4.78 is 1.04. The number of rotatable bonds is 5. The largest absolute Gasteiger partial charge is 0.351 e. The highest BCUT2D eigenvalue weighted by Gasteiger charge is 2.10. The van der Waals surface area contributed by atoms with Gasteiger partial charge in [-0.1, -0.05) is 6.92 Å². The molecule has 1 heterocycles. The predicted octanol–water partition coefficient (Wildman–Crippen LogP) is 3.69. The zero-order valence-corrected chi connectivity index (χ0v) is 12.9. The lowest BCUT2D eigenvalue weighted by Gasteiger charge is -2.08. The number of hydrogen-bond acceptors (Lipinski definition) is 3. The summed E-state index contributed by atoms with van der Waals surface area (Å²) in [6.45, 7) is 4.91. The minimum Gasteiger partial charge on any atom is -0.351 e. The molecule has 0 aliphatic rings. The van der Waals surface area contributed by atoms with Crippen molar-refractivity contribution in [1.29, 1.82) is 0 Å². The Morgan fingerprint density at radius 1 is 1.69 bits per heavy atom. The molecule has 1 amide bonds. The van der Waals surface area contributed by atoms with E-state index in [4.69, 9.17) is 0 Å². The van der Waals surface area contributed by atoms with Crippen molar-refractivity contribution in [2.45, 2.75) is 25.5 Å². The van der Waals surface area contributed by atoms with Gasteiger partial charge in [-0.15, -0.1) is 11.3 Å². The van der Waals surface area contributed by atoms with Crippen molar-refractivity contribution in [3.8, 4) is 0 Å². The van der Waals surface area contributed by atoms with Crippen LogP contribution in [0.15, 0.2) is 9.85 Å². The van der Waals surface area contributed by atoms with Gasteiger partial charge in [-0.2, -0.15) is 11.8 Å².